The number of benzene rings is 1. The zero-order chi connectivity index (χ0) is 12.1. The first-order valence-corrected chi connectivity index (χ1v) is 5.99. The Morgan fingerprint density at radius 2 is 1.88 bits per heavy atom. The highest BCUT2D eigenvalue weighted by atomic mass is 15.1. The van der Waals surface area contributed by atoms with Gasteiger partial charge in [0.1, 0.15) is 0 Å². The summed E-state index contributed by atoms with van der Waals surface area (Å²) in [7, 11) is 4.25. The Morgan fingerprint density at radius 1 is 1.12 bits per heavy atom. The van der Waals surface area contributed by atoms with Crippen LogP contribution < -0.4 is 0 Å². The third-order valence-electron chi connectivity index (χ3n) is 3.27. The summed E-state index contributed by atoms with van der Waals surface area (Å²) < 4.78 is 0. The van der Waals surface area contributed by atoms with E-state index in [0.29, 0.717) is 0 Å². The van der Waals surface area contributed by atoms with Crippen LogP contribution in [0.15, 0.2) is 60.7 Å². The third-order valence-corrected chi connectivity index (χ3v) is 3.27. The molecule has 0 radical (unpaired) electrons. The zero-order valence-corrected chi connectivity index (χ0v) is 10.5. The number of hydrogen-bond acceptors (Lipinski definition) is 1. The molecule has 2 rings (SSSR count). The molecule has 0 saturated carbocycles. The maximum atomic E-state index is 2.28. The van der Waals surface area contributed by atoms with E-state index in [2.05, 4.69) is 79.7 Å². The Balaban J connectivity index is 2.22. The van der Waals surface area contributed by atoms with Gasteiger partial charge in [0, 0.05) is 0 Å². The largest absolute Gasteiger partial charge is 0.297 e. The molecule has 0 N–H and O–H groups in total. The predicted octanol–water partition coefficient (Wildman–Crippen LogP) is 3.52. The predicted molar refractivity (Wildman–Crippen MR) is 74.8 cm³/mol. The van der Waals surface area contributed by atoms with Gasteiger partial charge in [-0.1, -0.05) is 66.8 Å². The van der Waals surface area contributed by atoms with Crippen molar-refractivity contribution in [3.05, 3.63) is 66.3 Å². The molecule has 1 aliphatic carbocycles. The van der Waals surface area contributed by atoms with Crippen LogP contribution in [0.3, 0.4) is 0 Å². The molecule has 1 unspecified atom stereocenters. The van der Waals surface area contributed by atoms with Crippen molar-refractivity contribution in [1.29, 1.82) is 0 Å². The van der Waals surface area contributed by atoms with Gasteiger partial charge in [0.2, 0.25) is 0 Å². The molecule has 0 bridgehead atoms. The van der Waals surface area contributed by atoms with Gasteiger partial charge in [0.15, 0.2) is 0 Å². The summed E-state index contributed by atoms with van der Waals surface area (Å²) in [5, 5.41) is 0. The summed E-state index contributed by atoms with van der Waals surface area (Å²) in [5.41, 5.74) is 1.27. The molecule has 1 aliphatic rings. The van der Waals surface area contributed by atoms with Crippen LogP contribution >= 0.6 is 0 Å². The average molecular weight is 225 g/mol. The molecular formula is C16H19N. The molecule has 88 valence electrons. The number of likely N-dealkylation sites (N-methyl/N-ethyl adjacent to an activating group) is 1. The van der Waals surface area contributed by atoms with E-state index < -0.39 is 0 Å². The standard InChI is InChI=1S/C16H19N/c1-17(2)16(12-7-4-8-13-16)14-11-15-9-5-3-6-10-15/h3-12,14H,13H2,1-2H3. The van der Waals surface area contributed by atoms with Crippen molar-refractivity contribution in [2.24, 2.45) is 0 Å². The first-order valence-electron chi connectivity index (χ1n) is 5.99. The fourth-order valence-corrected chi connectivity index (χ4v) is 2.03. The van der Waals surface area contributed by atoms with Crippen molar-refractivity contribution in [2.45, 2.75) is 12.0 Å². The van der Waals surface area contributed by atoms with E-state index >= 15 is 0 Å². The summed E-state index contributed by atoms with van der Waals surface area (Å²) in [5.74, 6) is 0. The zero-order valence-electron chi connectivity index (χ0n) is 10.5. The summed E-state index contributed by atoms with van der Waals surface area (Å²) in [6.45, 7) is 0. The van der Waals surface area contributed by atoms with Gasteiger partial charge in [-0.15, -0.1) is 0 Å². The minimum absolute atomic E-state index is 0.0184. The number of hydrogen-bond donors (Lipinski definition) is 0. The van der Waals surface area contributed by atoms with Crippen LogP contribution in [0, 0.1) is 0 Å². The van der Waals surface area contributed by atoms with Gasteiger partial charge in [0.05, 0.1) is 5.54 Å². The minimum atomic E-state index is 0.0184. The lowest BCUT2D eigenvalue weighted by molar-refractivity contribution is 0.264. The van der Waals surface area contributed by atoms with Crippen LogP contribution in [0.5, 0.6) is 0 Å². The molecule has 1 aromatic rings. The second-order valence-electron chi connectivity index (χ2n) is 4.62. The van der Waals surface area contributed by atoms with Crippen molar-refractivity contribution < 1.29 is 0 Å². The average Bonchev–Trinajstić information content (AvgIpc) is 2.38. The van der Waals surface area contributed by atoms with Gasteiger partial charge in [-0.3, -0.25) is 4.90 Å². The van der Waals surface area contributed by atoms with Crippen LogP contribution in [-0.4, -0.2) is 24.5 Å². The molecular weight excluding hydrogens is 206 g/mol. The van der Waals surface area contributed by atoms with E-state index in [1.807, 2.05) is 6.07 Å². The number of nitrogens with zero attached hydrogens (tertiary/aromatic N) is 1. The van der Waals surface area contributed by atoms with E-state index in [0.717, 1.165) is 6.42 Å². The molecule has 1 aromatic carbocycles. The SMILES string of the molecule is CN(C)C1(C=Cc2ccccc2)C=CC=CC1. The number of rotatable bonds is 3. The topological polar surface area (TPSA) is 3.24 Å². The molecule has 0 spiro atoms. The fourth-order valence-electron chi connectivity index (χ4n) is 2.03. The van der Waals surface area contributed by atoms with Crippen molar-refractivity contribution in [3.63, 3.8) is 0 Å². The Bertz CT molecular complexity index is 440. The lowest BCUT2D eigenvalue weighted by Crippen LogP contribution is -2.40. The van der Waals surface area contributed by atoms with Gasteiger partial charge in [-0.2, -0.15) is 0 Å². The highest BCUT2D eigenvalue weighted by molar-refractivity contribution is 5.52. The van der Waals surface area contributed by atoms with E-state index in [9.17, 15) is 0 Å². The highest BCUT2D eigenvalue weighted by Gasteiger charge is 2.25. The quantitative estimate of drug-likeness (QED) is 0.761. The Kier molecular flexibility index (Phi) is 3.60. The second-order valence-corrected chi connectivity index (χ2v) is 4.62. The molecule has 0 saturated heterocycles. The van der Waals surface area contributed by atoms with Crippen molar-refractivity contribution in [1.82, 2.24) is 4.90 Å². The van der Waals surface area contributed by atoms with Crippen LogP contribution in [0.25, 0.3) is 6.08 Å². The lowest BCUT2D eigenvalue weighted by Gasteiger charge is -2.35. The molecule has 0 fully saturated rings. The van der Waals surface area contributed by atoms with Crippen molar-refractivity contribution in [3.8, 4) is 0 Å². The van der Waals surface area contributed by atoms with Gasteiger partial charge < -0.3 is 0 Å². The van der Waals surface area contributed by atoms with Gasteiger partial charge in [-0.05, 0) is 26.1 Å². The van der Waals surface area contributed by atoms with Crippen molar-refractivity contribution in [2.75, 3.05) is 14.1 Å². The Labute approximate surface area is 104 Å². The van der Waals surface area contributed by atoms with E-state index in [1.165, 1.54) is 5.56 Å². The summed E-state index contributed by atoms with van der Waals surface area (Å²) >= 11 is 0. The Hall–Kier alpha value is -1.60. The van der Waals surface area contributed by atoms with Crippen LogP contribution in [0.2, 0.25) is 0 Å². The van der Waals surface area contributed by atoms with Crippen LogP contribution in [0.4, 0.5) is 0 Å². The fraction of sp³-hybridized carbons (Fsp3) is 0.250. The van der Waals surface area contributed by atoms with E-state index in [-0.39, 0.29) is 5.54 Å². The number of allylic oxidation sites excluding steroid dienone is 2. The van der Waals surface area contributed by atoms with E-state index in [1.54, 1.807) is 0 Å². The van der Waals surface area contributed by atoms with Gasteiger partial charge in [0.25, 0.3) is 0 Å². The molecule has 1 atom stereocenters. The maximum Gasteiger partial charge on any atom is 0.0611 e. The molecule has 17 heavy (non-hydrogen) atoms. The first-order chi connectivity index (χ1) is 8.23. The molecule has 0 aromatic heterocycles. The highest BCUT2D eigenvalue weighted by Crippen LogP contribution is 2.25. The minimum Gasteiger partial charge on any atom is -0.297 e. The smallest absolute Gasteiger partial charge is 0.0611 e. The monoisotopic (exact) mass is 225 g/mol. The van der Waals surface area contributed by atoms with Crippen LogP contribution in [-0.2, 0) is 0 Å². The molecule has 0 aliphatic heterocycles. The summed E-state index contributed by atoms with van der Waals surface area (Å²) in [4.78, 5) is 2.26. The van der Waals surface area contributed by atoms with Crippen LogP contribution in [0.1, 0.15) is 12.0 Å². The Morgan fingerprint density at radius 3 is 2.47 bits per heavy atom. The summed E-state index contributed by atoms with van der Waals surface area (Å²) in [6, 6.07) is 10.4. The summed E-state index contributed by atoms with van der Waals surface area (Å²) in [6.07, 6.45) is 14.2. The molecule has 0 amide bonds. The second kappa shape index (κ2) is 5.15. The third kappa shape index (κ3) is 2.75. The molecule has 1 nitrogen and oxygen atoms in total. The van der Waals surface area contributed by atoms with E-state index in [4.69, 9.17) is 0 Å². The normalized spacial score (nSPS) is 23.7. The first kappa shape index (κ1) is 11.9. The van der Waals surface area contributed by atoms with Gasteiger partial charge in [-0.25, -0.2) is 0 Å². The maximum absolute atomic E-state index is 2.28. The molecule has 0 heterocycles. The van der Waals surface area contributed by atoms with Crippen molar-refractivity contribution >= 4 is 6.08 Å². The lowest BCUT2D eigenvalue weighted by atomic mass is 9.89. The van der Waals surface area contributed by atoms with Gasteiger partial charge >= 0.3 is 0 Å². The molecule has 1 heteroatoms.